The molecule has 1 fully saturated rings. The Hall–Kier alpha value is -0.920. The molecule has 0 aromatic heterocycles. The summed E-state index contributed by atoms with van der Waals surface area (Å²) in [6.45, 7) is 1.96. The fourth-order valence-corrected chi connectivity index (χ4v) is 4.08. The standard InChI is InChI=1S/C18H18F3NOS.2ClH/c19-18(20,21)14-8-4-5-9-16(14)24-17(13-6-2-1-3-7-13)15-12-22-10-11-23-15;;/h1-9,15,17,22H,10-12H2;2*1H/t15-,17-;;/m0../s1. The van der Waals surface area contributed by atoms with E-state index in [1.165, 1.54) is 23.9 Å². The van der Waals surface area contributed by atoms with Crippen LogP contribution in [0.1, 0.15) is 16.4 Å². The van der Waals surface area contributed by atoms with E-state index in [1.807, 2.05) is 30.3 Å². The van der Waals surface area contributed by atoms with E-state index < -0.39 is 11.7 Å². The van der Waals surface area contributed by atoms with Crippen LogP contribution in [-0.4, -0.2) is 25.8 Å². The van der Waals surface area contributed by atoms with Gasteiger partial charge in [0.15, 0.2) is 0 Å². The molecule has 8 heteroatoms. The molecule has 0 radical (unpaired) electrons. The molecule has 3 rings (SSSR count). The van der Waals surface area contributed by atoms with E-state index in [0.29, 0.717) is 13.2 Å². The van der Waals surface area contributed by atoms with Gasteiger partial charge < -0.3 is 10.1 Å². The van der Waals surface area contributed by atoms with Gasteiger partial charge in [-0.1, -0.05) is 42.5 Å². The van der Waals surface area contributed by atoms with Crippen LogP contribution in [0.5, 0.6) is 0 Å². The fourth-order valence-electron chi connectivity index (χ4n) is 2.72. The van der Waals surface area contributed by atoms with Crippen molar-refractivity contribution in [2.24, 2.45) is 0 Å². The van der Waals surface area contributed by atoms with E-state index in [-0.39, 0.29) is 41.1 Å². The van der Waals surface area contributed by atoms with E-state index in [4.69, 9.17) is 4.74 Å². The number of benzene rings is 2. The molecule has 26 heavy (non-hydrogen) atoms. The van der Waals surface area contributed by atoms with Gasteiger partial charge in [-0.2, -0.15) is 13.2 Å². The molecule has 0 bridgehead atoms. The first kappa shape index (κ1) is 23.1. The SMILES string of the molecule is Cl.Cl.FC(F)(F)c1ccccc1S[C@@H](c1ccccc1)[C@@H]1CNCCO1. The largest absolute Gasteiger partial charge is 0.417 e. The highest BCUT2D eigenvalue weighted by Gasteiger charge is 2.35. The number of ether oxygens (including phenoxy) is 1. The highest BCUT2D eigenvalue weighted by atomic mass is 35.5. The Morgan fingerprint density at radius 3 is 2.27 bits per heavy atom. The lowest BCUT2D eigenvalue weighted by Gasteiger charge is -2.31. The molecular formula is C18H20Cl2F3NOS. The lowest BCUT2D eigenvalue weighted by atomic mass is 10.1. The number of thioether (sulfide) groups is 1. The summed E-state index contributed by atoms with van der Waals surface area (Å²) >= 11 is 1.22. The highest BCUT2D eigenvalue weighted by Crippen LogP contribution is 2.44. The molecule has 1 saturated heterocycles. The number of alkyl halides is 3. The minimum atomic E-state index is -4.36. The van der Waals surface area contributed by atoms with Gasteiger partial charge in [0, 0.05) is 18.0 Å². The molecular weight excluding hydrogens is 406 g/mol. The second-order valence-corrected chi connectivity index (χ2v) is 6.74. The first-order chi connectivity index (χ1) is 11.6. The van der Waals surface area contributed by atoms with Gasteiger partial charge in [0.25, 0.3) is 0 Å². The molecule has 0 aliphatic carbocycles. The summed E-state index contributed by atoms with van der Waals surface area (Å²) in [4.78, 5) is 0.230. The van der Waals surface area contributed by atoms with Crippen LogP contribution in [-0.2, 0) is 10.9 Å². The number of nitrogens with one attached hydrogen (secondary N) is 1. The number of rotatable bonds is 4. The molecule has 1 N–H and O–H groups in total. The Balaban J connectivity index is 0.00000169. The molecule has 2 aromatic carbocycles. The Labute approximate surface area is 167 Å². The molecule has 1 aliphatic heterocycles. The summed E-state index contributed by atoms with van der Waals surface area (Å²) in [7, 11) is 0. The number of hydrogen-bond donors (Lipinski definition) is 1. The zero-order valence-electron chi connectivity index (χ0n) is 13.7. The van der Waals surface area contributed by atoms with Crippen molar-refractivity contribution in [2.75, 3.05) is 19.7 Å². The van der Waals surface area contributed by atoms with Crippen molar-refractivity contribution < 1.29 is 17.9 Å². The van der Waals surface area contributed by atoms with Crippen LogP contribution in [0.2, 0.25) is 0 Å². The van der Waals surface area contributed by atoms with E-state index in [9.17, 15) is 13.2 Å². The van der Waals surface area contributed by atoms with Crippen LogP contribution in [0.15, 0.2) is 59.5 Å². The maximum atomic E-state index is 13.3. The molecule has 2 aromatic rings. The smallest absolute Gasteiger partial charge is 0.374 e. The molecule has 0 saturated carbocycles. The average Bonchev–Trinajstić information content (AvgIpc) is 2.61. The molecule has 144 valence electrons. The van der Waals surface area contributed by atoms with Crippen LogP contribution in [0.4, 0.5) is 13.2 Å². The maximum absolute atomic E-state index is 13.3. The van der Waals surface area contributed by atoms with E-state index in [1.54, 1.807) is 6.07 Å². The van der Waals surface area contributed by atoms with Crippen molar-refractivity contribution in [3.05, 3.63) is 65.7 Å². The average molecular weight is 426 g/mol. The van der Waals surface area contributed by atoms with Crippen molar-refractivity contribution in [3.8, 4) is 0 Å². The maximum Gasteiger partial charge on any atom is 0.417 e. The van der Waals surface area contributed by atoms with Crippen LogP contribution >= 0.6 is 36.6 Å². The lowest BCUT2D eigenvalue weighted by molar-refractivity contribution is -0.139. The minimum Gasteiger partial charge on any atom is -0.374 e. The van der Waals surface area contributed by atoms with Crippen LogP contribution in [0.3, 0.4) is 0 Å². The predicted molar refractivity (Wildman–Crippen MR) is 104 cm³/mol. The zero-order chi connectivity index (χ0) is 17.0. The first-order valence-corrected chi connectivity index (χ1v) is 8.64. The molecule has 0 amide bonds. The fraction of sp³-hybridized carbons (Fsp3) is 0.333. The Morgan fingerprint density at radius 2 is 1.65 bits per heavy atom. The Bertz CT molecular complexity index is 667. The van der Waals surface area contributed by atoms with Crippen molar-refractivity contribution >= 4 is 36.6 Å². The third-order valence-corrected chi connectivity index (χ3v) is 5.31. The predicted octanol–water partition coefficient (Wildman–Crippen LogP) is 5.37. The van der Waals surface area contributed by atoms with E-state index >= 15 is 0 Å². The second kappa shape index (κ2) is 10.4. The third-order valence-electron chi connectivity index (χ3n) is 3.87. The Morgan fingerprint density at radius 1 is 1.00 bits per heavy atom. The number of morpholine rings is 1. The van der Waals surface area contributed by atoms with Crippen LogP contribution in [0.25, 0.3) is 0 Å². The molecule has 2 nitrogen and oxygen atoms in total. The number of hydrogen-bond acceptors (Lipinski definition) is 3. The Kier molecular flexibility index (Phi) is 9.27. The second-order valence-electron chi connectivity index (χ2n) is 5.56. The monoisotopic (exact) mass is 425 g/mol. The first-order valence-electron chi connectivity index (χ1n) is 7.76. The summed E-state index contributed by atoms with van der Waals surface area (Å²) in [5.74, 6) is 0. The zero-order valence-corrected chi connectivity index (χ0v) is 16.2. The summed E-state index contributed by atoms with van der Waals surface area (Å²) < 4.78 is 45.7. The van der Waals surface area contributed by atoms with Crippen molar-refractivity contribution in [1.29, 1.82) is 0 Å². The summed E-state index contributed by atoms with van der Waals surface area (Å²) in [5.41, 5.74) is 0.368. The van der Waals surface area contributed by atoms with Gasteiger partial charge in [0.1, 0.15) is 0 Å². The van der Waals surface area contributed by atoms with Gasteiger partial charge >= 0.3 is 6.18 Å². The summed E-state index contributed by atoms with van der Waals surface area (Å²) in [6, 6.07) is 15.3. The lowest BCUT2D eigenvalue weighted by Crippen LogP contribution is -2.41. The topological polar surface area (TPSA) is 21.3 Å². The molecule has 2 atom stereocenters. The summed E-state index contributed by atoms with van der Waals surface area (Å²) in [5, 5.41) is 3.05. The van der Waals surface area contributed by atoms with Crippen LogP contribution < -0.4 is 5.32 Å². The van der Waals surface area contributed by atoms with Gasteiger partial charge in [-0.15, -0.1) is 36.6 Å². The normalized spacial score (nSPS) is 18.3. The molecule has 1 heterocycles. The molecule has 0 unspecified atom stereocenters. The van der Waals surface area contributed by atoms with Gasteiger partial charge in [-0.05, 0) is 17.7 Å². The van der Waals surface area contributed by atoms with E-state index in [2.05, 4.69) is 5.32 Å². The van der Waals surface area contributed by atoms with Crippen molar-refractivity contribution in [2.45, 2.75) is 22.4 Å². The molecule has 1 aliphatic rings. The van der Waals surface area contributed by atoms with E-state index in [0.717, 1.165) is 18.2 Å². The van der Waals surface area contributed by atoms with Crippen molar-refractivity contribution in [1.82, 2.24) is 5.32 Å². The number of halogens is 5. The quantitative estimate of drug-likeness (QED) is 0.665. The van der Waals surface area contributed by atoms with Gasteiger partial charge in [-0.25, -0.2) is 0 Å². The van der Waals surface area contributed by atoms with Crippen molar-refractivity contribution in [3.63, 3.8) is 0 Å². The van der Waals surface area contributed by atoms with Gasteiger partial charge in [0.2, 0.25) is 0 Å². The molecule has 0 spiro atoms. The third kappa shape index (κ3) is 5.79. The summed E-state index contributed by atoms with van der Waals surface area (Å²) in [6.07, 6.45) is -4.54. The minimum absolute atomic E-state index is 0. The highest BCUT2D eigenvalue weighted by molar-refractivity contribution is 7.99. The van der Waals surface area contributed by atoms with Crippen LogP contribution in [0, 0.1) is 0 Å². The van der Waals surface area contributed by atoms with Gasteiger partial charge in [-0.3, -0.25) is 0 Å². The van der Waals surface area contributed by atoms with Gasteiger partial charge in [0.05, 0.1) is 23.5 Å².